The monoisotopic (exact) mass is 388 g/mol. The van der Waals surface area contributed by atoms with Crippen molar-refractivity contribution < 1.29 is 24.3 Å². The second-order valence-electron chi connectivity index (χ2n) is 5.22. The van der Waals surface area contributed by atoms with Gasteiger partial charge in [-0.15, -0.1) is 11.3 Å². The maximum atomic E-state index is 12.3. The molecule has 1 aromatic heterocycles. The summed E-state index contributed by atoms with van der Waals surface area (Å²) in [6.45, 7) is -0.441. The van der Waals surface area contributed by atoms with Gasteiger partial charge < -0.3 is 10.4 Å². The molecular formula is C17H12N2O5S2. The van der Waals surface area contributed by atoms with Gasteiger partial charge in [-0.25, -0.2) is 4.79 Å². The fraction of sp³-hybridized carbons (Fsp3) is 0.0588. The van der Waals surface area contributed by atoms with Crippen molar-refractivity contribution >= 4 is 57.9 Å². The number of carboxylic acid groups (broad SMARTS) is 1. The van der Waals surface area contributed by atoms with Gasteiger partial charge in [0.05, 0.1) is 10.5 Å². The van der Waals surface area contributed by atoms with E-state index in [0.29, 0.717) is 0 Å². The van der Waals surface area contributed by atoms with Crippen LogP contribution >= 0.6 is 23.1 Å². The molecule has 1 aromatic carbocycles. The first-order chi connectivity index (χ1) is 12.4. The number of amides is 3. The normalized spacial score (nSPS) is 15.5. The standard InChI is InChI=1S/C17H12N2O5S2/c20-14(18-11-4-1-3-10(7-11)16(22)23)9-19-15(21)13(26-17(19)24)8-12-5-2-6-25-12/h1-8H,9H2,(H,18,20)(H,22,23)/b13-8+. The molecule has 1 aliphatic heterocycles. The Balaban J connectivity index is 1.67. The Hall–Kier alpha value is -2.91. The molecule has 3 rings (SSSR count). The van der Waals surface area contributed by atoms with Crippen LogP contribution in [0.4, 0.5) is 10.5 Å². The van der Waals surface area contributed by atoms with E-state index in [4.69, 9.17) is 5.11 Å². The van der Waals surface area contributed by atoms with Crippen LogP contribution in [0, 0.1) is 0 Å². The molecule has 1 saturated heterocycles. The Morgan fingerprint density at radius 1 is 1.19 bits per heavy atom. The molecule has 2 heterocycles. The Morgan fingerprint density at radius 3 is 2.69 bits per heavy atom. The number of hydrogen-bond acceptors (Lipinski definition) is 6. The van der Waals surface area contributed by atoms with Gasteiger partial charge in [-0.1, -0.05) is 12.1 Å². The molecule has 132 valence electrons. The molecule has 1 aliphatic rings. The van der Waals surface area contributed by atoms with Crippen LogP contribution in [-0.2, 0) is 9.59 Å². The van der Waals surface area contributed by atoms with Crippen LogP contribution in [0.3, 0.4) is 0 Å². The second kappa shape index (κ2) is 7.54. The lowest BCUT2D eigenvalue weighted by atomic mass is 10.2. The molecule has 0 bridgehead atoms. The first-order valence-electron chi connectivity index (χ1n) is 7.36. The highest BCUT2D eigenvalue weighted by Crippen LogP contribution is 2.32. The molecule has 0 radical (unpaired) electrons. The topological polar surface area (TPSA) is 104 Å². The molecule has 2 aromatic rings. The van der Waals surface area contributed by atoms with Gasteiger partial charge in [0.1, 0.15) is 6.54 Å². The molecule has 9 heteroatoms. The zero-order valence-corrected chi connectivity index (χ0v) is 14.8. The number of aromatic carboxylic acids is 1. The van der Waals surface area contributed by atoms with E-state index in [2.05, 4.69) is 5.32 Å². The molecule has 0 atom stereocenters. The Morgan fingerprint density at radius 2 is 2.00 bits per heavy atom. The minimum atomic E-state index is -1.12. The molecule has 0 spiro atoms. The molecule has 26 heavy (non-hydrogen) atoms. The van der Waals surface area contributed by atoms with Crippen molar-refractivity contribution in [1.29, 1.82) is 0 Å². The Labute approximate surface area is 156 Å². The van der Waals surface area contributed by atoms with E-state index in [9.17, 15) is 19.2 Å². The van der Waals surface area contributed by atoms with Crippen LogP contribution in [-0.4, -0.2) is 39.6 Å². The molecule has 0 aliphatic carbocycles. The molecule has 0 unspecified atom stereocenters. The molecule has 3 amide bonds. The lowest BCUT2D eigenvalue weighted by molar-refractivity contribution is -0.127. The van der Waals surface area contributed by atoms with E-state index in [1.165, 1.54) is 35.6 Å². The number of thiophene rings is 1. The summed E-state index contributed by atoms with van der Waals surface area (Å²) in [6.07, 6.45) is 1.61. The van der Waals surface area contributed by atoms with Crippen LogP contribution in [0.1, 0.15) is 15.2 Å². The summed E-state index contributed by atoms with van der Waals surface area (Å²) in [5, 5.41) is 12.8. The third-order valence-electron chi connectivity index (χ3n) is 3.39. The highest BCUT2D eigenvalue weighted by molar-refractivity contribution is 8.18. The van der Waals surface area contributed by atoms with Crippen molar-refractivity contribution in [2.45, 2.75) is 0 Å². The molecular weight excluding hydrogens is 376 g/mol. The number of thioether (sulfide) groups is 1. The lowest BCUT2D eigenvalue weighted by Gasteiger charge is -2.12. The summed E-state index contributed by atoms with van der Waals surface area (Å²) in [7, 11) is 0. The van der Waals surface area contributed by atoms with Gasteiger partial charge in [-0.2, -0.15) is 0 Å². The van der Waals surface area contributed by atoms with Crippen molar-refractivity contribution in [1.82, 2.24) is 4.90 Å². The zero-order chi connectivity index (χ0) is 18.7. The van der Waals surface area contributed by atoms with Crippen molar-refractivity contribution in [2.24, 2.45) is 0 Å². The minimum absolute atomic E-state index is 0.0212. The number of anilines is 1. The number of carboxylic acids is 1. The SMILES string of the molecule is O=C(CN1C(=O)S/C(=C/c2cccs2)C1=O)Nc1cccc(C(=O)O)c1. The summed E-state index contributed by atoms with van der Waals surface area (Å²) in [4.78, 5) is 49.4. The largest absolute Gasteiger partial charge is 0.478 e. The summed E-state index contributed by atoms with van der Waals surface area (Å²) in [5.41, 5.74) is 0.295. The van der Waals surface area contributed by atoms with Crippen LogP contribution in [0.5, 0.6) is 0 Å². The second-order valence-corrected chi connectivity index (χ2v) is 7.19. The third-order valence-corrected chi connectivity index (χ3v) is 5.11. The number of imide groups is 1. The van der Waals surface area contributed by atoms with Gasteiger partial charge in [-0.05, 0) is 47.5 Å². The van der Waals surface area contributed by atoms with Gasteiger partial charge in [0.25, 0.3) is 11.1 Å². The molecule has 1 fully saturated rings. The van der Waals surface area contributed by atoms with E-state index in [1.807, 2.05) is 17.5 Å². The van der Waals surface area contributed by atoms with Crippen molar-refractivity contribution in [2.75, 3.05) is 11.9 Å². The van der Waals surface area contributed by atoms with E-state index in [0.717, 1.165) is 21.5 Å². The number of carbonyl (C=O) groups is 4. The average Bonchev–Trinajstić information content (AvgIpc) is 3.19. The lowest BCUT2D eigenvalue weighted by Crippen LogP contribution is -2.36. The number of benzene rings is 1. The van der Waals surface area contributed by atoms with Crippen molar-refractivity contribution in [3.05, 3.63) is 57.1 Å². The maximum Gasteiger partial charge on any atom is 0.335 e. The molecule has 0 saturated carbocycles. The van der Waals surface area contributed by atoms with Gasteiger partial charge in [0.2, 0.25) is 5.91 Å². The maximum absolute atomic E-state index is 12.3. The zero-order valence-electron chi connectivity index (χ0n) is 13.2. The quantitative estimate of drug-likeness (QED) is 0.763. The van der Waals surface area contributed by atoms with Crippen LogP contribution < -0.4 is 5.32 Å². The van der Waals surface area contributed by atoms with Crippen LogP contribution in [0.15, 0.2) is 46.7 Å². The first kappa shape index (κ1) is 17.9. The Bertz CT molecular complexity index is 921. The Kier molecular flexibility index (Phi) is 5.19. The average molecular weight is 388 g/mol. The number of hydrogen-bond donors (Lipinski definition) is 2. The van der Waals surface area contributed by atoms with E-state index in [-0.39, 0.29) is 16.2 Å². The predicted octanol–water partition coefficient (Wildman–Crippen LogP) is 3.12. The summed E-state index contributed by atoms with van der Waals surface area (Å²) >= 11 is 2.22. The first-order valence-corrected chi connectivity index (χ1v) is 9.06. The number of nitrogens with one attached hydrogen (secondary N) is 1. The van der Waals surface area contributed by atoms with Crippen molar-refractivity contribution in [3.8, 4) is 0 Å². The fourth-order valence-electron chi connectivity index (χ4n) is 2.21. The van der Waals surface area contributed by atoms with Gasteiger partial charge >= 0.3 is 5.97 Å². The number of carbonyl (C=O) groups excluding carboxylic acids is 3. The molecule has 2 N–H and O–H groups in total. The minimum Gasteiger partial charge on any atom is -0.478 e. The highest BCUT2D eigenvalue weighted by Gasteiger charge is 2.36. The fourth-order valence-corrected chi connectivity index (χ4v) is 3.77. The molecule has 7 nitrogen and oxygen atoms in total. The van der Waals surface area contributed by atoms with Crippen LogP contribution in [0.25, 0.3) is 6.08 Å². The smallest absolute Gasteiger partial charge is 0.335 e. The predicted molar refractivity (Wildman–Crippen MR) is 99.0 cm³/mol. The number of nitrogens with zero attached hydrogens (tertiary/aromatic N) is 1. The third kappa shape index (κ3) is 4.01. The van der Waals surface area contributed by atoms with Crippen LogP contribution in [0.2, 0.25) is 0 Å². The van der Waals surface area contributed by atoms with Gasteiger partial charge in [0, 0.05) is 10.6 Å². The highest BCUT2D eigenvalue weighted by atomic mass is 32.2. The van der Waals surface area contributed by atoms with E-state index in [1.54, 1.807) is 6.08 Å². The van der Waals surface area contributed by atoms with Gasteiger partial charge in [0.15, 0.2) is 0 Å². The summed E-state index contributed by atoms with van der Waals surface area (Å²) < 4.78 is 0. The summed E-state index contributed by atoms with van der Waals surface area (Å²) in [6, 6.07) is 9.35. The van der Waals surface area contributed by atoms with E-state index >= 15 is 0 Å². The number of rotatable bonds is 5. The van der Waals surface area contributed by atoms with Crippen molar-refractivity contribution in [3.63, 3.8) is 0 Å². The summed E-state index contributed by atoms with van der Waals surface area (Å²) in [5.74, 6) is -2.24. The van der Waals surface area contributed by atoms with Gasteiger partial charge in [-0.3, -0.25) is 19.3 Å². The van der Waals surface area contributed by atoms with E-state index < -0.39 is 29.6 Å².